The average Bonchev–Trinajstić information content (AvgIpc) is 3.12. The van der Waals surface area contributed by atoms with Crippen molar-refractivity contribution in [2.24, 2.45) is 7.05 Å². The van der Waals surface area contributed by atoms with Crippen LogP contribution in [-0.4, -0.2) is 32.0 Å². The predicted octanol–water partition coefficient (Wildman–Crippen LogP) is -0.929. The fraction of sp³-hybridized carbons (Fsp3) is 0.190. The van der Waals surface area contributed by atoms with E-state index in [-0.39, 0.29) is 30.2 Å². The lowest BCUT2D eigenvalue weighted by molar-refractivity contribution is -0.642. The van der Waals surface area contributed by atoms with Crippen molar-refractivity contribution < 1.29 is 46.9 Å². The summed E-state index contributed by atoms with van der Waals surface area (Å²) in [6.07, 6.45) is 2.11. The Hall–Kier alpha value is -3.00. The van der Waals surface area contributed by atoms with E-state index in [4.69, 9.17) is 18.9 Å². The van der Waals surface area contributed by atoms with Crippen molar-refractivity contribution in [3.63, 3.8) is 0 Å². The summed E-state index contributed by atoms with van der Waals surface area (Å²) in [5.41, 5.74) is 1.14. The highest BCUT2D eigenvalue weighted by atomic mass is 35.5. The van der Waals surface area contributed by atoms with Gasteiger partial charge in [0.2, 0.25) is 12.3 Å². The molecule has 5 rings (SSSR count). The molecule has 4 N–H and O–H groups in total. The van der Waals surface area contributed by atoms with E-state index in [0.29, 0.717) is 0 Å². The Morgan fingerprint density at radius 2 is 1.45 bits per heavy atom. The van der Waals surface area contributed by atoms with Crippen molar-refractivity contribution in [1.29, 1.82) is 0 Å². The van der Waals surface area contributed by atoms with Gasteiger partial charge in [0.1, 0.15) is 7.05 Å². The predicted molar refractivity (Wildman–Crippen MR) is 107 cm³/mol. The molecule has 0 unspecified atom stereocenters. The summed E-state index contributed by atoms with van der Waals surface area (Å²) in [6.45, 7) is 0.273. The summed E-state index contributed by atoms with van der Waals surface area (Å²) in [6, 6.07) is 12.4. The van der Waals surface area contributed by atoms with Gasteiger partial charge in [0.15, 0.2) is 29.2 Å². The van der Waals surface area contributed by atoms with Crippen molar-refractivity contribution in [2.75, 3.05) is 21.0 Å². The molecule has 2 heterocycles. The molecule has 1 aromatic heterocycles. The first-order chi connectivity index (χ1) is 12.7. The molecule has 0 atom stereocenters. The summed E-state index contributed by atoms with van der Waals surface area (Å²) >= 11 is 0. The van der Waals surface area contributed by atoms with E-state index in [9.17, 15) is 0 Å². The van der Waals surface area contributed by atoms with Crippen molar-refractivity contribution in [3.8, 4) is 23.0 Å². The number of pyridine rings is 1. The highest BCUT2D eigenvalue weighted by Gasteiger charge is 2.20. The number of ether oxygens (including phenoxy) is 4. The Bertz CT molecular complexity index is 1210. The van der Waals surface area contributed by atoms with Crippen molar-refractivity contribution in [3.05, 3.63) is 42.6 Å². The van der Waals surface area contributed by atoms with Crippen LogP contribution in [0.2, 0.25) is 0 Å². The molecule has 29 heavy (non-hydrogen) atoms. The summed E-state index contributed by atoms with van der Waals surface area (Å²) in [5.74, 6) is 3.04. The van der Waals surface area contributed by atoms with Crippen molar-refractivity contribution in [1.82, 2.24) is 0 Å². The van der Waals surface area contributed by atoms with Crippen LogP contribution in [0.25, 0.3) is 32.4 Å². The summed E-state index contributed by atoms with van der Waals surface area (Å²) in [5, 5.41) is 5.62. The van der Waals surface area contributed by atoms with E-state index in [1.165, 1.54) is 0 Å². The summed E-state index contributed by atoms with van der Waals surface area (Å²) in [7, 11) is 5.37. The van der Waals surface area contributed by atoms with Gasteiger partial charge in [-0.3, -0.25) is 0 Å². The van der Waals surface area contributed by atoms with Crippen molar-refractivity contribution in [2.45, 2.75) is 0 Å². The molecular weight excluding hydrogens is 398 g/mol. The zero-order chi connectivity index (χ0) is 17.8. The van der Waals surface area contributed by atoms with Gasteiger partial charge < -0.3 is 42.3 Å². The molecule has 154 valence electrons. The van der Waals surface area contributed by atoms with Crippen LogP contribution in [0.4, 0.5) is 0 Å². The zero-order valence-electron chi connectivity index (χ0n) is 16.2. The third-order valence-corrected chi connectivity index (χ3v) is 5.02. The quantitative estimate of drug-likeness (QED) is 0.309. The second-order valence-electron chi connectivity index (χ2n) is 6.42. The molecule has 0 saturated carbocycles. The lowest BCUT2D eigenvalue weighted by Gasteiger charge is -2.11. The minimum absolute atomic E-state index is 0. The molecule has 1 aliphatic rings. The van der Waals surface area contributed by atoms with Gasteiger partial charge in [0.05, 0.1) is 30.4 Å². The first-order valence-corrected chi connectivity index (χ1v) is 8.40. The highest BCUT2D eigenvalue weighted by Crippen LogP contribution is 2.40. The minimum Gasteiger partial charge on any atom is -1.00 e. The van der Waals surface area contributed by atoms with Gasteiger partial charge in [-0.05, 0) is 35.7 Å². The van der Waals surface area contributed by atoms with Crippen LogP contribution in [0.3, 0.4) is 0 Å². The molecule has 0 amide bonds. The minimum atomic E-state index is 0. The number of nitrogens with zero attached hydrogens (tertiary/aromatic N) is 1. The van der Waals surface area contributed by atoms with E-state index in [1.54, 1.807) is 14.2 Å². The second-order valence-corrected chi connectivity index (χ2v) is 6.42. The van der Waals surface area contributed by atoms with Gasteiger partial charge in [-0.1, -0.05) is 6.07 Å². The standard InChI is InChI=1S/C21H18NO4.ClH.2H2O/c1-22-10-13-7-17(23-2)18(24-3)8-15(13)14-5-4-12-6-19-20(26-11-25-19)9-16(12)21(14)22;;;/h4-10H,11H2,1-3H3;1H;2*1H2/q+1;;;/p-1. The Kier molecular flexibility index (Phi) is 6.27. The third kappa shape index (κ3) is 3.23. The van der Waals surface area contributed by atoms with Crippen LogP contribution >= 0.6 is 0 Å². The average molecular weight is 420 g/mol. The maximum absolute atomic E-state index is 5.58. The van der Waals surface area contributed by atoms with Crippen LogP contribution < -0.4 is 35.9 Å². The molecule has 0 saturated heterocycles. The third-order valence-electron chi connectivity index (χ3n) is 5.02. The normalized spacial score (nSPS) is 11.6. The maximum atomic E-state index is 5.58. The van der Waals surface area contributed by atoms with Gasteiger partial charge >= 0.3 is 0 Å². The fourth-order valence-electron chi connectivity index (χ4n) is 3.80. The first kappa shape index (κ1) is 22.3. The molecule has 0 fully saturated rings. The van der Waals surface area contributed by atoms with E-state index < -0.39 is 0 Å². The van der Waals surface area contributed by atoms with Crippen LogP contribution in [0.5, 0.6) is 23.0 Å². The number of aromatic nitrogens is 1. The number of fused-ring (bicyclic) bond motifs is 6. The molecule has 7 nitrogen and oxygen atoms in total. The zero-order valence-corrected chi connectivity index (χ0v) is 17.0. The SMILES string of the molecule is COc1cc2c[n+](C)c3c4cc5c(cc4ccc3c2cc1OC)OCO5.O.O.[Cl-]. The largest absolute Gasteiger partial charge is 1.00 e. The number of benzene rings is 3. The Morgan fingerprint density at radius 1 is 0.793 bits per heavy atom. The molecule has 0 radical (unpaired) electrons. The number of hydrogen-bond acceptors (Lipinski definition) is 4. The molecule has 8 heteroatoms. The molecule has 0 spiro atoms. The fourth-order valence-corrected chi connectivity index (χ4v) is 3.80. The summed E-state index contributed by atoms with van der Waals surface area (Å²) < 4.78 is 24.2. The van der Waals surface area contributed by atoms with Crippen LogP contribution in [0.1, 0.15) is 0 Å². The van der Waals surface area contributed by atoms with Crippen LogP contribution in [-0.2, 0) is 7.05 Å². The lowest BCUT2D eigenvalue weighted by atomic mass is 10.0. The van der Waals surface area contributed by atoms with E-state index in [2.05, 4.69) is 36.0 Å². The Morgan fingerprint density at radius 3 is 2.14 bits per heavy atom. The van der Waals surface area contributed by atoms with E-state index >= 15 is 0 Å². The first-order valence-electron chi connectivity index (χ1n) is 8.40. The number of hydrogen-bond donors (Lipinski definition) is 0. The Labute approximate surface area is 173 Å². The molecule has 3 aromatic carbocycles. The number of methoxy groups -OCH3 is 2. The van der Waals surface area contributed by atoms with Gasteiger partial charge in [-0.15, -0.1) is 0 Å². The number of halogens is 1. The highest BCUT2D eigenvalue weighted by molar-refractivity contribution is 6.14. The maximum Gasteiger partial charge on any atom is 0.231 e. The summed E-state index contributed by atoms with van der Waals surface area (Å²) in [4.78, 5) is 0. The van der Waals surface area contributed by atoms with Gasteiger partial charge in [0.25, 0.3) is 0 Å². The molecule has 4 aromatic rings. The topological polar surface area (TPSA) is 104 Å². The monoisotopic (exact) mass is 419 g/mol. The molecule has 0 bridgehead atoms. The molecule has 1 aliphatic heterocycles. The van der Waals surface area contributed by atoms with Gasteiger partial charge in [-0.2, -0.15) is 4.57 Å². The number of rotatable bonds is 2. The smallest absolute Gasteiger partial charge is 0.231 e. The van der Waals surface area contributed by atoms with Gasteiger partial charge in [0, 0.05) is 5.39 Å². The van der Waals surface area contributed by atoms with Gasteiger partial charge in [-0.25, -0.2) is 0 Å². The van der Waals surface area contributed by atoms with E-state index in [0.717, 1.165) is 55.4 Å². The second kappa shape index (κ2) is 8.16. The van der Waals surface area contributed by atoms with Crippen molar-refractivity contribution >= 4 is 32.4 Å². The Balaban J connectivity index is 0.000001000. The van der Waals surface area contributed by atoms with Crippen LogP contribution in [0, 0.1) is 0 Å². The lowest BCUT2D eigenvalue weighted by Crippen LogP contribution is -3.00. The molecule has 0 aliphatic carbocycles. The van der Waals surface area contributed by atoms with Crippen LogP contribution in [0.15, 0.2) is 42.6 Å². The van der Waals surface area contributed by atoms with E-state index in [1.807, 2.05) is 18.2 Å². The number of aryl methyl sites for hydroxylation is 1. The molecular formula is C21H22ClNO6.